The van der Waals surface area contributed by atoms with E-state index in [-0.39, 0.29) is 17.1 Å². The predicted octanol–water partition coefficient (Wildman–Crippen LogP) is 9.33. The van der Waals surface area contributed by atoms with Crippen molar-refractivity contribution in [3.63, 3.8) is 0 Å². The molecule has 0 spiro atoms. The van der Waals surface area contributed by atoms with Gasteiger partial charge in [0.15, 0.2) is 11.6 Å². The first-order valence-corrected chi connectivity index (χ1v) is 14.9. The average Bonchev–Trinajstić information content (AvgIpc) is 2.95. The first-order valence-electron chi connectivity index (χ1n) is 14.9. The Morgan fingerprint density at radius 2 is 1.73 bits per heavy atom. The van der Waals surface area contributed by atoms with Crippen LogP contribution in [0.2, 0.25) is 0 Å². The van der Waals surface area contributed by atoms with Crippen LogP contribution in [0.3, 0.4) is 0 Å². The van der Waals surface area contributed by atoms with Gasteiger partial charge in [-0.15, -0.1) is 0 Å². The molecule has 218 valence electrons. The summed E-state index contributed by atoms with van der Waals surface area (Å²) in [6, 6.07) is 11.0. The Balaban J connectivity index is 2.52. The quantitative estimate of drug-likeness (QED) is 0.111. The fraction of sp³-hybridized carbons (Fsp3) is 0.486. The number of hydrogen-bond donors (Lipinski definition) is 1. The second-order valence-corrected chi connectivity index (χ2v) is 10.9. The molecular weight excluding hydrogens is 499 g/mol. The number of rotatable bonds is 14. The summed E-state index contributed by atoms with van der Waals surface area (Å²) < 4.78 is 15.2. The Morgan fingerprint density at radius 3 is 2.27 bits per heavy atom. The van der Waals surface area contributed by atoms with Crippen molar-refractivity contribution >= 4 is 17.8 Å². The Kier molecular flexibility index (Phi) is 12.8. The molecule has 2 aromatic carbocycles. The second-order valence-electron chi connectivity index (χ2n) is 10.9. The molecule has 0 bridgehead atoms. The molecule has 4 nitrogen and oxygen atoms in total. The van der Waals surface area contributed by atoms with E-state index in [4.69, 9.17) is 0 Å². The summed E-state index contributed by atoms with van der Waals surface area (Å²) >= 11 is 0. The number of phenolic OH excluding ortho intramolecular Hbond substituents is 1. The van der Waals surface area contributed by atoms with Gasteiger partial charge in [0.1, 0.15) is 5.84 Å². The Hall–Kier alpha value is -3.21. The van der Waals surface area contributed by atoms with E-state index in [1.54, 1.807) is 6.08 Å². The molecule has 0 aliphatic carbocycles. The largest absolute Gasteiger partial charge is 0.505 e. The topological polar surface area (TPSA) is 52.9 Å². The van der Waals surface area contributed by atoms with Gasteiger partial charge in [0.25, 0.3) is 5.91 Å². The number of carbonyl (C=O) groups is 1. The van der Waals surface area contributed by atoms with E-state index in [2.05, 4.69) is 58.0 Å². The molecule has 1 unspecified atom stereocenters. The number of aromatic hydroxyl groups is 1. The molecule has 0 aromatic heterocycles. The molecule has 0 aliphatic heterocycles. The van der Waals surface area contributed by atoms with Crippen LogP contribution in [0.15, 0.2) is 59.6 Å². The van der Waals surface area contributed by atoms with E-state index in [1.165, 1.54) is 12.1 Å². The van der Waals surface area contributed by atoms with Crippen molar-refractivity contribution in [2.24, 2.45) is 10.9 Å². The normalized spacial score (nSPS) is 13.3. The molecule has 0 heterocycles. The zero-order valence-corrected chi connectivity index (χ0v) is 25.7. The van der Waals surface area contributed by atoms with Gasteiger partial charge in [-0.25, -0.2) is 4.39 Å². The van der Waals surface area contributed by atoms with Crippen LogP contribution >= 0.6 is 0 Å². The maximum Gasteiger partial charge on any atom is 0.278 e. The highest BCUT2D eigenvalue weighted by Crippen LogP contribution is 2.45. The van der Waals surface area contributed by atoms with Crippen molar-refractivity contribution in [2.75, 3.05) is 13.1 Å². The molecule has 0 fully saturated rings. The van der Waals surface area contributed by atoms with Crippen LogP contribution in [-0.4, -0.2) is 34.8 Å². The third-order valence-electron chi connectivity index (χ3n) is 8.14. The molecule has 2 rings (SSSR count). The molecule has 0 aliphatic rings. The minimum atomic E-state index is -0.612. The summed E-state index contributed by atoms with van der Waals surface area (Å²) in [6.07, 6.45) is 8.79. The molecule has 40 heavy (non-hydrogen) atoms. The number of aliphatic imine (C=N–C) groups is 1. The van der Waals surface area contributed by atoms with E-state index >= 15 is 4.39 Å². The van der Waals surface area contributed by atoms with Crippen LogP contribution in [0.25, 0.3) is 17.2 Å². The molecule has 1 N–H and O–H groups in total. The number of benzene rings is 2. The highest BCUT2D eigenvalue weighted by atomic mass is 19.1. The Morgan fingerprint density at radius 1 is 1.07 bits per heavy atom. The van der Waals surface area contributed by atoms with E-state index in [9.17, 15) is 9.90 Å². The summed E-state index contributed by atoms with van der Waals surface area (Å²) in [6.45, 7) is 20.2. The van der Waals surface area contributed by atoms with Gasteiger partial charge in [0, 0.05) is 24.2 Å². The summed E-state index contributed by atoms with van der Waals surface area (Å²) in [4.78, 5) is 19.5. The Bertz CT molecular complexity index is 1200. The number of phenols is 1. The standard InChI is InChI=1S/C35H49FN2O2/c1-9-18-38(19-10-2)26(8)37-34(40)28(12-4)20-27-16-15-17-29(21-27)30-22-31(33(39)32(36)23-30)35(13-5,14-6)24-25(7)11-3/h12,15-17,20-23,25,39H,4,9-11,13-14,18-19,24H2,1-3,5-8H3/b28-20+,37-26?. The first-order chi connectivity index (χ1) is 19.1. The average molecular weight is 549 g/mol. The summed E-state index contributed by atoms with van der Waals surface area (Å²) in [5.74, 6) is -0.0420. The van der Waals surface area contributed by atoms with Gasteiger partial charge in [0.05, 0.1) is 0 Å². The summed E-state index contributed by atoms with van der Waals surface area (Å²) in [5.41, 5.74) is 3.06. The SMILES string of the molecule is C=C/C(=C\c1cccc(-c2cc(F)c(O)c(C(CC)(CC)CC(C)CC)c2)c1)C(=O)N=C(C)N(CCC)CCC. The van der Waals surface area contributed by atoms with Gasteiger partial charge >= 0.3 is 0 Å². The maximum absolute atomic E-state index is 15.2. The van der Waals surface area contributed by atoms with Crippen LogP contribution in [0, 0.1) is 11.7 Å². The maximum atomic E-state index is 15.2. The minimum absolute atomic E-state index is 0.250. The Labute approximate surface area is 241 Å². The summed E-state index contributed by atoms with van der Waals surface area (Å²) in [5, 5.41) is 10.8. The fourth-order valence-electron chi connectivity index (χ4n) is 5.46. The highest BCUT2D eigenvalue weighted by molar-refractivity contribution is 6.06. The van der Waals surface area contributed by atoms with Crippen LogP contribution in [-0.2, 0) is 10.2 Å². The van der Waals surface area contributed by atoms with Crippen molar-refractivity contribution < 1.29 is 14.3 Å². The van der Waals surface area contributed by atoms with Gasteiger partial charge in [-0.3, -0.25) is 4.79 Å². The minimum Gasteiger partial charge on any atom is -0.505 e. The van der Waals surface area contributed by atoms with Gasteiger partial charge in [-0.1, -0.05) is 78.8 Å². The molecule has 5 heteroatoms. The number of amidine groups is 1. The molecule has 1 amide bonds. The van der Waals surface area contributed by atoms with Crippen molar-refractivity contribution in [1.29, 1.82) is 0 Å². The second kappa shape index (κ2) is 15.5. The van der Waals surface area contributed by atoms with Gasteiger partial charge in [0.2, 0.25) is 0 Å². The predicted molar refractivity (Wildman–Crippen MR) is 168 cm³/mol. The zero-order valence-electron chi connectivity index (χ0n) is 25.7. The molecular formula is C35H49FN2O2. The molecule has 0 radical (unpaired) electrons. The number of carbonyl (C=O) groups excluding carboxylic acids is 1. The summed E-state index contributed by atoms with van der Waals surface area (Å²) in [7, 11) is 0. The number of amides is 1. The van der Waals surface area contributed by atoms with Crippen LogP contribution in [0.5, 0.6) is 5.75 Å². The fourth-order valence-corrected chi connectivity index (χ4v) is 5.46. The molecule has 2 aromatic rings. The lowest BCUT2D eigenvalue weighted by atomic mass is 9.69. The van der Waals surface area contributed by atoms with Crippen LogP contribution in [0.4, 0.5) is 4.39 Å². The molecule has 1 atom stereocenters. The van der Waals surface area contributed by atoms with Gasteiger partial charge < -0.3 is 10.0 Å². The lowest BCUT2D eigenvalue weighted by Gasteiger charge is -2.35. The third kappa shape index (κ3) is 8.16. The smallest absolute Gasteiger partial charge is 0.278 e. The number of hydrogen-bond acceptors (Lipinski definition) is 2. The van der Waals surface area contributed by atoms with E-state index in [0.29, 0.717) is 28.5 Å². The van der Waals surface area contributed by atoms with Crippen LogP contribution in [0.1, 0.15) is 98.1 Å². The monoisotopic (exact) mass is 548 g/mol. The molecule has 0 saturated carbocycles. The number of nitrogens with zero attached hydrogens (tertiary/aromatic N) is 2. The first kappa shape index (κ1) is 33.0. The zero-order chi connectivity index (χ0) is 29.9. The van der Waals surface area contributed by atoms with E-state index in [1.807, 2.05) is 37.3 Å². The van der Waals surface area contributed by atoms with Crippen molar-refractivity contribution in [2.45, 2.75) is 92.4 Å². The lowest BCUT2D eigenvalue weighted by molar-refractivity contribution is -0.114. The van der Waals surface area contributed by atoms with E-state index in [0.717, 1.165) is 62.7 Å². The third-order valence-corrected chi connectivity index (χ3v) is 8.14. The van der Waals surface area contributed by atoms with E-state index < -0.39 is 5.82 Å². The van der Waals surface area contributed by atoms with Crippen molar-refractivity contribution in [3.8, 4) is 16.9 Å². The van der Waals surface area contributed by atoms with Crippen LogP contribution < -0.4 is 0 Å². The number of halogens is 1. The van der Waals surface area contributed by atoms with Crippen molar-refractivity contribution in [3.05, 3.63) is 71.6 Å². The van der Waals surface area contributed by atoms with Gasteiger partial charge in [-0.05, 0) is 91.3 Å². The molecule has 0 saturated heterocycles. The highest BCUT2D eigenvalue weighted by Gasteiger charge is 2.34. The lowest BCUT2D eigenvalue weighted by Crippen LogP contribution is -2.31. The van der Waals surface area contributed by atoms with Gasteiger partial charge in [-0.2, -0.15) is 4.99 Å². The van der Waals surface area contributed by atoms with Crippen molar-refractivity contribution in [1.82, 2.24) is 4.90 Å².